The number of nitrogens with one attached hydrogen (secondary N) is 2. The van der Waals surface area contributed by atoms with Crippen LogP contribution in [0.2, 0.25) is 4.34 Å². The van der Waals surface area contributed by atoms with E-state index in [9.17, 15) is 31.9 Å². The lowest BCUT2D eigenvalue weighted by Gasteiger charge is -2.36. The number of hydrogen-bond donors (Lipinski definition) is 2. The van der Waals surface area contributed by atoms with Crippen molar-refractivity contribution in [3.05, 3.63) is 39.5 Å². The number of thiophene rings is 1. The number of amides is 3. The number of hydrogen-bond acceptors (Lipinski definition) is 7. The van der Waals surface area contributed by atoms with Crippen LogP contribution in [0.5, 0.6) is 5.75 Å². The maximum absolute atomic E-state index is 13.6. The molecule has 2 aliphatic rings. The van der Waals surface area contributed by atoms with Crippen LogP contribution < -0.4 is 20.3 Å². The molecule has 0 radical (unpaired) electrons. The molecular weight excluding hydrogens is 592 g/mol. The van der Waals surface area contributed by atoms with Crippen molar-refractivity contribution in [2.45, 2.75) is 38.3 Å². The van der Waals surface area contributed by atoms with Gasteiger partial charge in [-0.2, -0.15) is 8.78 Å². The summed E-state index contributed by atoms with van der Waals surface area (Å²) in [6, 6.07) is 5.69. The van der Waals surface area contributed by atoms with Gasteiger partial charge < -0.3 is 25.0 Å². The number of halogens is 5. The SMILES string of the molecule is O=C(NC[C@@H](C(=O)Nc1ccc(N2CCOCC2=O)cc1OC(F)F)N(CC(F)F)CC1CCC1)c1ccc(Cl)s1. The first kappa shape index (κ1) is 31.0. The molecule has 1 aromatic heterocycles. The van der Waals surface area contributed by atoms with Gasteiger partial charge >= 0.3 is 6.61 Å². The van der Waals surface area contributed by atoms with E-state index in [2.05, 4.69) is 15.4 Å². The molecule has 2 fully saturated rings. The van der Waals surface area contributed by atoms with Crippen molar-refractivity contribution in [3.8, 4) is 5.75 Å². The average molecular weight is 621 g/mol. The van der Waals surface area contributed by atoms with Gasteiger partial charge in [0.15, 0.2) is 5.75 Å². The van der Waals surface area contributed by atoms with E-state index < -0.39 is 43.2 Å². The van der Waals surface area contributed by atoms with Gasteiger partial charge in [-0.05, 0) is 43.0 Å². The fraction of sp³-hybridized carbons (Fsp3) is 0.500. The Morgan fingerprint density at radius 1 is 1.20 bits per heavy atom. The maximum atomic E-state index is 13.6. The van der Waals surface area contributed by atoms with Crippen LogP contribution in [0.15, 0.2) is 30.3 Å². The maximum Gasteiger partial charge on any atom is 0.387 e. The zero-order valence-corrected chi connectivity index (χ0v) is 23.4. The van der Waals surface area contributed by atoms with Crippen molar-refractivity contribution in [2.75, 3.05) is 49.6 Å². The van der Waals surface area contributed by atoms with Gasteiger partial charge in [0.05, 0.1) is 28.1 Å². The highest BCUT2D eigenvalue weighted by atomic mass is 35.5. The summed E-state index contributed by atoms with van der Waals surface area (Å²) < 4.78 is 63.9. The van der Waals surface area contributed by atoms with E-state index in [1.807, 2.05) is 0 Å². The lowest BCUT2D eigenvalue weighted by atomic mass is 9.85. The van der Waals surface area contributed by atoms with Gasteiger partial charge in [0.1, 0.15) is 12.6 Å². The van der Waals surface area contributed by atoms with Crippen LogP contribution in [0.25, 0.3) is 0 Å². The largest absolute Gasteiger partial charge is 0.433 e. The normalized spacial score (nSPS) is 16.7. The number of morpholine rings is 1. The summed E-state index contributed by atoms with van der Waals surface area (Å²) >= 11 is 6.92. The topological polar surface area (TPSA) is 100 Å². The summed E-state index contributed by atoms with van der Waals surface area (Å²) in [5, 5.41) is 5.11. The second-order valence-corrected chi connectivity index (χ2v) is 11.3. The minimum absolute atomic E-state index is 0.110. The summed E-state index contributed by atoms with van der Waals surface area (Å²) in [7, 11) is 0. The summed E-state index contributed by atoms with van der Waals surface area (Å²) in [4.78, 5) is 41.4. The zero-order valence-electron chi connectivity index (χ0n) is 21.8. The predicted octanol–water partition coefficient (Wildman–Crippen LogP) is 4.47. The highest BCUT2D eigenvalue weighted by molar-refractivity contribution is 7.18. The Bertz CT molecular complexity index is 1230. The van der Waals surface area contributed by atoms with E-state index in [4.69, 9.17) is 16.3 Å². The number of carbonyl (C=O) groups excluding carboxylic acids is 3. The van der Waals surface area contributed by atoms with Crippen LogP contribution in [0.3, 0.4) is 0 Å². The average Bonchev–Trinajstić information content (AvgIpc) is 3.33. The lowest BCUT2D eigenvalue weighted by molar-refractivity contribution is -0.125. The fourth-order valence-electron chi connectivity index (χ4n) is 4.60. The standard InChI is InChI=1S/C26H29ClF4N4O5S/c27-21-7-6-20(41-21)25(38)32-11-18(34(13-22(28)29)12-15-2-1-3-15)24(37)33-17-5-4-16(10-19(17)40-26(30)31)35-8-9-39-14-23(35)36/h4-7,10,15,18,22,26H,1-3,8-9,11-14H2,(H,32,38)(H,33,37)/t18-/m0/s1. The van der Waals surface area contributed by atoms with E-state index in [1.54, 1.807) is 0 Å². The predicted molar refractivity (Wildman–Crippen MR) is 145 cm³/mol. The molecule has 2 aromatic rings. The Morgan fingerprint density at radius 3 is 2.59 bits per heavy atom. The fourth-order valence-corrected chi connectivity index (χ4v) is 5.56. The Balaban J connectivity index is 1.58. The molecule has 1 aromatic carbocycles. The van der Waals surface area contributed by atoms with Gasteiger partial charge in [-0.3, -0.25) is 19.3 Å². The number of carbonyl (C=O) groups is 3. The molecule has 9 nitrogen and oxygen atoms in total. The molecule has 1 saturated heterocycles. The monoisotopic (exact) mass is 620 g/mol. The van der Waals surface area contributed by atoms with Crippen LogP contribution in [-0.2, 0) is 14.3 Å². The van der Waals surface area contributed by atoms with E-state index in [0.717, 1.165) is 30.6 Å². The highest BCUT2D eigenvalue weighted by Crippen LogP contribution is 2.33. The number of rotatable bonds is 13. The number of nitrogens with zero attached hydrogens (tertiary/aromatic N) is 2. The summed E-state index contributed by atoms with van der Waals surface area (Å²) in [5.74, 6) is -2.03. The molecule has 1 atom stereocenters. The van der Waals surface area contributed by atoms with Gasteiger partial charge in [0.25, 0.3) is 18.2 Å². The summed E-state index contributed by atoms with van der Waals surface area (Å²) in [6.45, 7) is -3.83. The minimum Gasteiger partial charge on any atom is -0.433 e. The Hall–Kier alpha value is -2.94. The third-order valence-corrected chi connectivity index (χ3v) is 8.05. The molecule has 2 N–H and O–H groups in total. The minimum atomic E-state index is -3.25. The quantitative estimate of drug-likeness (QED) is 0.321. The van der Waals surface area contributed by atoms with Gasteiger partial charge in [-0.15, -0.1) is 11.3 Å². The Labute approximate surface area is 242 Å². The van der Waals surface area contributed by atoms with E-state index in [1.165, 1.54) is 40.1 Å². The zero-order chi connectivity index (χ0) is 29.5. The van der Waals surface area contributed by atoms with Crippen molar-refractivity contribution in [2.24, 2.45) is 5.92 Å². The molecule has 41 heavy (non-hydrogen) atoms. The molecule has 0 unspecified atom stereocenters. The second-order valence-electron chi connectivity index (χ2n) is 9.62. The summed E-state index contributed by atoms with van der Waals surface area (Å²) in [6.07, 6.45) is -0.170. The Kier molecular flexibility index (Phi) is 10.8. The van der Waals surface area contributed by atoms with E-state index >= 15 is 0 Å². The smallest absolute Gasteiger partial charge is 0.387 e. The molecule has 2 heterocycles. The van der Waals surface area contributed by atoms with Crippen molar-refractivity contribution in [1.29, 1.82) is 0 Å². The number of ether oxygens (including phenoxy) is 2. The van der Waals surface area contributed by atoms with Gasteiger partial charge in [0, 0.05) is 31.4 Å². The number of anilines is 2. The van der Waals surface area contributed by atoms with E-state index in [-0.39, 0.29) is 60.9 Å². The molecule has 4 rings (SSSR count). The van der Waals surface area contributed by atoms with Gasteiger partial charge in [0.2, 0.25) is 5.91 Å². The molecule has 15 heteroatoms. The third kappa shape index (κ3) is 8.53. The third-order valence-electron chi connectivity index (χ3n) is 6.82. The Morgan fingerprint density at radius 2 is 1.98 bits per heavy atom. The van der Waals surface area contributed by atoms with Crippen molar-refractivity contribution >= 4 is 52.0 Å². The summed E-state index contributed by atoms with van der Waals surface area (Å²) in [5.41, 5.74) is 0.108. The van der Waals surface area contributed by atoms with Crippen LogP contribution in [0, 0.1) is 5.92 Å². The molecule has 1 aliphatic heterocycles. The van der Waals surface area contributed by atoms with Crippen LogP contribution in [-0.4, -0.2) is 81.1 Å². The first-order valence-corrected chi connectivity index (χ1v) is 14.1. The van der Waals surface area contributed by atoms with E-state index in [0.29, 0.717) is 4.34 Å². The number of benzene rings is 1. The van der Waals surface area contributed by atoms with Gasteiger partial charge in [-0.25, -0.2) is 8.78 Å². The first-order chi connectivity index (χ1) is 19.6. The molecule has 1 saturated carbocycles. The molecule has 0 spiro atoms. The lowest BCUT2D eigenvalue weighted by Crippen LogP contribution is -2.53. The van der Waals surface area contributed by atoms with Gasteiger partial charge in [-0.1, -0.05) is 18.0 Å². The first-order valence-electron chi connectivity index (χ1n) is 12.9. The molecule has 0 bridgehead atoms. The molecule has 1 aliphatic carbocycles. The second kappa shape index (κ2) is 14.3. The highest BCUT2D eigenvalue weighted by Gasteiger charge is 2.33. The van der Waals surface area contributed by atoms with Crippen LogP contribution in [0.1, 0.15) is 28.9 Å². The molecule has 3 amide bonds. The number of alkyl halides is 4. The molecule has 224 valence electrons. The van der Waals surface area contributed by atoms with Crippen molar-refractivity contribution < 1.29 is 41.4 Å². The van der Waals surface area contributed by atoms with Crippen molar-refractivity contribution in [1.82, 2.24) is 10.2 Å². The van der Waals surface area contributed by atoms with Crippen molar-refractivity contribution in [3.63, 3.8) is 0 Å². The molecular formula is C26H29ClF4N4O5S. The van der Waals surface area contributed by atoms with Crippen LogP contribution in [0.4, 0.5) is 28.9 Å². The van der Waals surface area contributed by atoms with Crippen LogP contribution >= 0.6 is 22.9 Å².